The van der Waals surface area contributed by atoms with Crippen molar-refractivity contribution in [2.75, 3.05) is 46.9 Å². The molecule has 1 fully saturated rings. The molecule has 1 aliphatic rings. The molecule has 0 unspecified atom stereocenters. The van der Waals surface area contributed by atoms with Gasteiger partial charge in [0.1, 0.15) is 0 Å². The molecule has 3 rings (SSSR count). The van der Waals surface area contributed by atoms with Crippen LogP contribution in [0.25, 0.3) is 0 Å². The fourth-order valence-corrected chi connectivity index (χ4v) is 4.47. The summed E-state index contributed by atoms with van der Waals surface area (Å²) in [5.74, 6) is 0.173. The topological polar surface area (TPSA) is 77.0 Å². The standard InChI is InChI=1S/C14H19BrN2O.C13H19BrN2O2/c1-16(2)13-7-9-17(10-8-13)14(18)11-3-5-12(15)6-4-11;1-2-3-6-16(7-8-17)13(18)9-12-5-4-11(14)10-15-12/h3-6,13H,7-10H2,1-2H3;4-5,10,17H,2-3,6-9H2,1H3. The number of pyridine rings is 1. The van der Waals surface area contributed by atoms with Gasteiger partial charge in [-0.05, 0) is 85.7 Å². The number of rotatable bonds is 9. The van der Waals surface area contributed by atoms with Gasteiger partial charge < -0.3 is 19.8 Å². The second kappa shape index (κ2) is 16.1. The highest BCUT2D eigenvalue weighted by atomic mass is 79.9. The minimum atomic E-state index is 0.00320. The third-order valence-electron chi connectivity index (χ3n) is 6.20. The van der Waals surface area contributed by atoms with Gasteiger partial charge >= 0.3 is 0 Å². The first kappa shape index (κ1) is 30.4. The Morgan fingerprint density at radius 3 is 2.19 bits per heavy atom. The van der Waals surface area contributed by atoms with Crippen LogP contribution in [0.3, 0.4) is 0 Å². The lowest BCUT2D eigenvalue weighted by atomic mass is 10.0. The molecule has 198 valence electrons. The molecule has 1 saturated heterocycles. The molecule has 0 bridgehead atoms. The molecule has 1 aromatic heterocycles. The fourth-order valence-electron chi connectivity index (χ4n) is 3.97. The van der Waals surface area contributed by atoms with Crippen molar-refractivity contribution in [2.24, 2.45) is 0 Å². The third kappa shape index (κ3) is 10.3. The smallest absolute Gasteiger partial charge is 0.253 e. The van der Waals surface area contributed by atoms with Gasteiger partial charge in [0.25, 0.3) is 5.91 Å². The zero-order valence-corrected chi connectivity index (χ0v) is 24.7. The quantitative estimate of drug-likeness (QED) is 0.440. The van der Waals surface area contributed by atoms with Crippen LogP contribution in [0.5, 0.6) is 0 Å². The van der Waals surface area contributed by atoms with Crippen LogP contribution in [0.1, 0.15) is 48.7 Å². The molecule has 2 aromatic rings. The van der Waals surface area contributed by atoms with E-state index in [4.69, 9.17) is 5.11 Å². The first-order valence-corrected chi connectivity index (χ1v) is 14.0. The molecule has 0 saturated carbocycles. The Bertz CT molecular complexity index is 931. The number of benzene rings is 1. The summed E-state index contributed by atoms with van der Waals surface area (Å²) in [7, 11) is 4.22. The van der Waals surface area contributed by atoms with Crippen LogP contribution in [0, 0.1) is 0 Å². The maximum atomic E-state index is 12.3. The van der Waals surface area contributed by atoms with Crippen molar-refractivity contribution in [1.29, 1.82) is 0 Å². The van der Waals surface area contributed by atoms with Crippen molar-refractivity contribution in [3.63, 3.8) is 0 Å². The molecule has 1 aromatic carbocycles. The fraction of sp³-hybridized carbons (Fsp3) is 0.519. The monoisotopic (exact) mass is 624 g/mol. The Hall–Kier alpha value is -1.81. The van der Waals surface area contributed by atoms with Gasteiger partial charge in [-0.25, -0.2) is 0 Å². The van der Waals surface area contributed by atoms with E-state index in [9.17, 15) is 9.59 Å². The van der Waals surface area contributed by atoms with Gasteiger partial charge in [-0.15, -0.1) is 0 Å². The van der Waals surface area contributed by atoms with Crippen LogP contribution in [0.15, 0.2) is 51.5 Å². The van der Waals surface area contributed by atoms with Crippen LogP contribution in [-0.2, 0) is 11.2 Å². The number of hydrogen-bond donors (Lipinski definition) is 1. The van der Waals surface area contributed by atoms with Gasteiger partial charge in [0.15, 0.2) is 0 Å². The van der Waals surface area contributed by atoms with E-state index in [1.807, 2.05) is 41.3 Å². The van der Waals surface area contributed by atoms with Crippen molar-refractivity contribution in [3.8, 4) is 0 Å². The highest BCUT2D eigenvalue weighted by Crippen LogP contribution is 2.18. The molecule has 1 aliphatic heterocycles. The van der Waals surface area contributed by atoms with Crippen LogP contribution >= 0.6 is 31.9 Å². The average Bonchev–Trinajstić information content (AvgIpc) is 2.88. The van der Waals surface area contributed by atoms with E-state index in [2.05, 4.69) is 62.8 Å². The predicted molar refractivity (Wildman–Crippen MR) is 151 cm³/mol. The molecule has 0 radical (unpaired) electrons. The minimum Gasteiger partial charge on any atom is -0.395 e. The summed E-state index contributed by atoms with van der Waals surface area (Å²) in [6, 6.07) is 11.9. The SMILES string of the molecule is CCCCN(CCO)C(=O)Cc1ccc(Br)cn1.CN(C)C1CCN(C(=O)c2ccc(Br)cc2)CC1. The number of unbranched alkanes of at least 4 members (excludes halogenated alkanes) is 1. The second-order valence-corrected chi connectivity index (χ2v) is 10.9. The molecular weight excluding hydrogens is 588 g/mol. The van der Waals surface area contributed by atoms with E-state index in [0.717, 1.165) is 59.0 Å². The first-order chi connectivity index (χ1) is 17.2. The lowest BCUT2D eigenvalue weighted by molar-refractivity contribution is -0.131. The third-order valence-corrected chi connectivity index (χ3v) is 7.20. The molecule has 0 spiro atoms. The number of amides is 2. The molecule has 0 aliphatic carbocycles. The van der Waals surface area contributed by atoms with Crippen LogP contribution in [-0.4, -0.2) is 89.5 Å². The summed E-state index contributed by atoms with van der Waals surface area (Å²) in [5, 5.41) is 8.97. The average molecular weight is 626 g/mol. The van der Waals surface area contributed by atoms with E-state index in [-0.39, 0.29) is 24.8 Å². The van der Waals surface area contributed by atoms with Gasteiger partial charge in [0, 0.05) is 58.6 Å². The number of aliphatic hydroxyl groups is 1. The Labute approximate surface area is 232 Å². The van der Waals surface area contributed by atoms with Crippen molar-refractivity contribution in [1.82, 2.24) is 19.7 Å². The summed E-state index contributed by atoms with van der Waals surface area (Å²) in [5.41, 5.74) is 1.53. The zero-order chi connectivity index (χ0) is 26.5. The van der Waals surface area contributed by atoms with Crippen LogP contribution < -0.4 is 0 Å². The first-order valence-electron chi connectivity index (χ1n) is 12.5. The molecule has 2 amide bonds. The largest absolute Gasteiger partial charge is 0.395 e. The highest BCUT2D eigenvalue weighted by molar-refractivity contribution is 9.10. The molecule has 0 atom stereocenters. The van der Waals surface area contributed by atoms with E-state index >= 15 is 0 Å². The number of nitrogens with zero attached hydrogens (tertiary/aromatic N) is 4. The number of carbonyl (C=O) groups excluding carboxylic acids is 2. The molecule has 1 N–H and O–H groups in total. The van der Waals surface area contributed by atoms with Gasteiger partial charge in [0.2, 0.25) is 5.91 Å². The van der Waals surface area contributed by atoms with Crippen LogP contribution in [0.2, 0.25) is 0 Å². The molecule has 2 heterocycles. The maximum Gasteiger partial charge on any atom is 0.253 e. The molecule has 36 heavy (non-hydrogen) atoms. The summed E-state index contributed by atoms with van der Waals surface area (Å²) in [6.07, 6.45) is 6.10. The lowest BCUT2D eigenvalue weighted by Gasteiger charge is -2.35. The van der Waals surface area contributed by atoms with Crippen molar-refractivity contribution in [2.45, 2.75) is 45.1 Å². The number of halogens is 2. The second-order valence-electron chi connectivity index (χ2n) is 9.10. The highest BCUT2D eigenvalue weighted by Gasteiger charge is 2.24. The number of aliphatic hydroxyl groups excluding tert-OH is 1. The van der Waals surface area contributed by atoms with E-state index in [0.29, 0.717) is 19.1 Å². The Kier molecular flexibility index (Phi) is 13.6. The predicted octanol–water partition coefficient (Wildman–Crippen LogP) is 4.62. The van der Waals surface area contributed by atoms with Gasteiger partial charge in [-0.2, -0.15) is 0 Å². The van der Waals surface area contributed by atoms with Crippen molar-refractivity contribution >= 4 is 43.7 Å². The number of aromatic nitrogens is 1. The number of hydrogen-bond acceptors (Lipinski definition) is 5. The van der Waals surface area contributed by atoms with Gasteiger partial charge in [-0.1, -0.05) is 29.3 Å². The number of piperidine rings is 1. The van der Waals surface area contributed by atoms with E-state index < -0.39 is 0 Å². The molecule has 7 nitrogen and oxygen atoms in total. The summed E-state index contributed by atoms with van der Waals surface area (Å²) in [4.78, 5) is 34.4. The Morgan fingerprint density at radius 2 is 1.67 bits per heavy atom. The molecule has 9 heteroatoms. The van der Waals surface area contributed by atoms with Gasteiger partial charge in [0.05, 0.1) is 13.0 Å². The Morgan fingerprint density at radius 1 is 1.03 bits per heavy atom. The summed E-state index contributed by atoms with van der Waals surface area (Å²) >= 11 is 6.69. The van der Waals surface area contributed by atoms with Gasteiger partial charge in [-0.3, -0.25) is 14.6 Å². The maximum absolute atomic E-state index is 12.3. The normalized spacial score (nSPS) is 13.8. The number of likely N-dealkylation sites (tertiary alicyclic amines) is 1. The Balaban J connectivity index is 0.000000254. The lowest BCUT2D eigenvalue weighted by Crippen LogP contribution is -2.44. The van der Waals surface area contributed by atoms with Crippen LogP contribution in [0.4, 0.5) is 0 Å². The summed E-state index contributed by atoms with van der Waals surface area (Å²) < 4.78 is 1.90. The number of carbonyl (C=O) groups is 2. The molecular formula is C27H38Br2N4O3. The zero-order valence-electron chi connectivity index (χ0n) is 21.5. The summed E-state index contributed by atoms with van der Waals surface area (Å²) in [6.45, 7) is 4.90. The van der Waals surface area contributed by atoms with Crippen molar-refractivity contribution in [3.05, 3.63) is 62.8 Å². The van der Waals surface area contributed by atoms with Crippen molar-refractivity contribution < 1.29 is 14.7 Å². The van der Waals surface area contributed by atoms with E-state index in [1.54, 1.807) is 11.1 Å². The van der Waals surface area contributed by atoms with E-state index in [1.165, 1.54) is 0 Å². The minimum absolute atomic E-state index is 0.00320.